The molecule has 1 N–H and O–H groups in total. The molecule has 1 aromatic carbocycles. The Morgan fingerprint density at radius 2 is 2.00 bits per heavy atom. The van der Waals surface area contributed by atoms with Gasteiger partial charge < -0.3 is 5.11 Å². The first-order valence-electron chi connectivity index (χ1n) is 7.29. The van der Waals surface area contributed by atoms with Gasteiger partial charge in [0.25, 0.3) is 0 Å². The molecule has 0 aliphatic heterocycles. The number of aromatic carboxylic acids is 1. The van der Waals surface area contributed by atoms with Gasteiger partial charge in [0, 0.05) is 12.6 Å². The summed E-state index contributed by atoms with van der Waals surface area (Å²) in [6.45, 7) is 4.27. The number of sulfonamides is 1. The van der Waals surface area contributed by atoms with Crippen molar-refractivity contribution in [3.63, 3.8) is 0 Å². The van der Waals surface area contributed by atoms with E-state index in [9.17, 15) is 18.3 Å². The molecule has 1 aromatic rings. The number of benzene rings is 1. The van der Waals surface area contributed by atoms with E-state index >= 15 is 0 Å². The minimum atomic E-state index is -3.61. The lowest BCUT2D eigenvalue weighted by Gasteiger charge is -2.21. The maximum absolute atomic E-state index is 12.7. The summed E-state index contributed by atoms with van der Waals surface area (Å²) in [5, 5.41) is 9.24. The number of hydrogen-bond donors (Lipinski definition) is 1. The molecule has 1 aliphatic carbocycles. The van der Waals surface area contributed by atoms with Crippen molar-refractivity contribution in [1.29, 1.82) is 0 Å². The van der Waals surface area contributed by atoms with E-state index in [4.69, 9.17) is 0 Å². The Labute approximate surface area is 125 Å². The van der Waals surface area contributed by atoms with Crippen LogP contribution in [-0.2, 0) is 16.4 Å². The van der Waals surface area contributed by atoms with Crippen LogP contribution in [0.4, 0.5) is 0 Å². The molecule has 1 saturated carbocycles. The zero-order chi connectivity index (χ0) is 15.6. The first-order chi connectivity index (χ1) is 9.91. The van der Waals surface area contributed by atoms with Crippen molar-refractivity contribution in [3.8, 4) is 0 Å². The predicted molar refractivity (Wildman–Crippen MR) is 80.0 cm³/mol. The molecule has 21 heavy (non-hydrogen) atoms. The van der Waals surface area contributed by atoms with Crippen molar-refractivity contribution in [3.05, 3.63) is 29.3 Å². The van der Waals surface area contributed by atoms with Crippen molar-refractivity contribution in [2.75, 3.05) is 6.54 Å². The van der Waals surface area contributed by atoms with Crippen LogP contribution in [0.15, 0.2) is 23.1 Å². The first-order valence-corrected chi connectivity index (χ1v) is 8.73. The molecule has 0 unspecified atom stereocenters. The number of carboxylic acids is 1. The Hall–Kier alpha value is -1.40. The lowest BCUT2D eigenvalue weighted by molar-refractivity contribution is 0.0695. The predicted octanol–water partition coefficient (Wildman–Crippen LogP) is 2.51. The van der Waals surface area contributed by atoms with Crippen LogP contribution in [0.25, 0.3) is 0 Å². The second kappa shape index (κ2) is 6.15. The highest BCUT2D eigenvalue weighted by molar-refractivity contribution is 7.89. The van der Waals surface area contributed by atoms with Crippen LogP contribution in [-0.4, -0.2) is 36.4 Å². The molecule has 1 aliphatic rings. The fourth-order valence-electron chi connectivity index (χ4n) is 2.44. The van der Waals surface area contributed by atoms with Crippen molar-refractivity contribution in [2.24, 2.45) is 0 Å². The van der Waals surface area contributed by atoms with E-state index < -0.39 is 16.0 Å². The summed E-state index contributed by atoms with van der Waals surface area (Å²) >= 11 is 0. The molecule has 1 fully saturated rings. The molecule has 0 bridgehead atoms. The van der Waals surface area contributed by atoms with Gasteiger partial charge in [-0.2, -0.15) is 4.31 Å². The van der Waals surface area contributed by atoms with Gasteiger partial charge in [0.15, 0.2) is 0 Å². The standard InChI is InChI=1S/C15H21NO4S/c1-3-9-16(12-6-7-12)21(19,20)13-8-5-11(4-2)14(10-13)15(17)18/h5,8,10,12H,3-4,6-7,9H2,1-2H3,(H,17,18). The summed E-state index contributed by atoms with van der Waals surface area (Å²) in [5.74, 6) is -1.09. The highest BCUT2D eigenvalue weighted by Crippen LogP contribution is 2.32. The number of nitrogens with zero attached hydrogens (tertiary/aromatic N) is 1. The Kier molecular flexibility index (Phi) is 4.68. The Balaban J connectivity index is 2.44. The third kappa shape index (κ3) is 3.27. The van der Waals surface area contributed by atoms with Crippen molar-refractivity contribution in [2.45, 2.75) is 50.5 Å². The number of hydrogen-bond acceptors (Lipinski definition) is 3. The molecule has 0 atom stereocenters. The van der Waals surface area contributed by atoms with Gasteiger partial charge in [0.2, 0.25) is 10.0 Å². The summed E-state index contributed by atoms with van der Waals surface area (Å²) in [5.41, 5.74) is 0.723. The molecule has 0 heterocycles. The fourth-order valence-corrected chi connectivity index (χ4v) is 4.24. The molecule has 0 amide bonds. The molecule has 0 radical (unpaired) electrons. The van der Waals surface area contributed by atoms with Gasteiger partial charge in [-0.3, -0.25) is 0 Å². The van der Waals surface area contributed by atoms with Crippen molar-refractivity contribution in [1.82, 2.24) is 4.31 Å². The second-order valence-corrected chi connectivity index (χ2v) is 7.22. The van der Waals surface area contributed by atoms with Crippen LogP contribution >= 0.6 is 0 Å². The van der Waals surface area contributed by atoms with E-state index in [-0.39, 0.29) is 16.5 Å². The van der Waals surface area contributed by atoms with Crippen LogP contribution in [0, 0.1) is 0 Å². The van der Waals surface area contributed by atoms with Crippen LogP contribution in [0.3, 0.4) is 0 Å². The maximum atomic E-state index is 12.7. The third-order valence-corrected chi connectivity index (χ3v) is 5.65. The van der Waals surface area contributed by atoms with Crippen LogP contribution in [0.5, 0.6) is 0 Å². The molecule has 6 heteroatoms. The number of carbonyl (C=O) groups is 1. The minimum Gasteiger partial charge on any atom is -0.478 e. The normalized spacial score (nSPS) is 15.4. The summed E-state index contributed by atoms with van der Waals surface area (Å²) in [7, 11) is -3.61. The zero-order valence-corrected chi connectivity index (χ0v) is 13.2. The lowest BCUT2D eigenvalue weighted by atomic mass is 10.1. The number of aryl methyl sites for hydroxylation is 1. The van der Waals surface area contributed by atoms with Crippen molar-refractivity contribution < 1.29 is 18.3 Å². The van der Waals surface area contributed by atoms with Gasteiger partial charge in [-0.05, 0) is 43.4 Å². The summed E-state index contributed by atoms with van der Waals surface area (Å²) in [4.78, 5) is 11.4. The minimum absolute atomic E-state index is 0.0748. The van der Waals surface area contributed by atoms with E-state index in [1.165, 1.54) is 16.4 Å². The highest BCUT2D eigenvalue weighted by Gasteiger charge is 2.37. The van der Waals surface area contributed by atoms with Gasteiger partial charge in [-0.25, -0.2) is 13.2 Å². The summed E-state index contributed by atoms with van der Waals surface area (Å²) < 4.78 is 26.9. The van der Waals surface area contributed by atoms with E-state index in [0.717, 1.165) is 19.3 Å². The van der Waals surface area contributed by atoms with Gasteiger partial charge in [0.1, 0.15) is 0 Å². The Morgan fingerprint density at radius 3 is 2.48 bits per heavy atom. The smallest absolute Gasteiger partial charge is 0.336 e. The summed E-state index contributed by atoms with van der Waals surface area (Å²) in [6, 6.07) is 4.50. The molecule has 116 valence electrons. The number of carboxylic acid groups (broad SMARTS) is 1. The van der Waals surface area contributed by atoms with E-state index in [1.54, 1.807) is 6.07 Å². The molecule has 5 nitrogen and oxygen atoms in total. The average molecular weight is 311 g/mol. The topological polar surface area (TPSA) is 74.7 Å². The van der Waals surface area contributed by atoms with Crippen molar-refractivity contribution >= 4 is 16.0 Å². The second-order valence-electron chi connectivity index (χ2n) is 5.32. The largest absolute Gasteiger partial charge is 0.478 e. The van der Waals surface area contributed by atoms with Gasteiger partial charge in [-0.1, -0.05) is 19.9 Å². The lowest BCUT2D eigenvalue weighted by Crippen LogP contribution is -2.34. The van der Waals surface area contributed by atoms with E-state index in [1.807, 2.05) is 13.8 Å². The highest BCUT2D eigenvalue weighted by atomic mass is 32.2. The van der Waals surface area contributed by atoms with E-state index in [2.05, 4.69) is 0 Å². The van der Waals surface area contributed by atoms with Gasteiger partial charge >= 0.3 is 5.97 Å². The Bertz CT molecular complexity index is 635. The molecule has 0 saturated heterocycles. The number of rotatable bonds is 7. The quantitative estimate of drug-likeness (QED) is 0.839. The Morgan fingerprint density at radius 1 is 1.33 bits per heavy atom. The monoisotopic (exact) mass is 311 g/mol. The van der Waals surface area contributed by atoms with Gasteiger partial charge in [-0.15, -0.1) is 0 Å². The molecular weight excluding hydrogens is 290 g/mol. The van der Waals surface area contributed by atoms with Crippen LogP contribution in [0.2, 0.25) is 0 Å². The maximum Gasteiger partial charge on any atom is 0.336 e. The SMILES string of the molecule is CCCN(C1CC1)S(=O)(=O)c1ccc(CC)c(C(=O)O)c1. The van der Waals surface area contributed by atoms with Gasteiger partial charge in [0.05, 0.1) is 10.5 Å². The molecular formula is C15H21NO4S. The van der Waals surface area contributed by atoms with Crippen LogP contribution < -0.4 is 0 Å². The van der Waals surface area contributed by atoms with E-state index in [0.29, 0.717) is 18.5 Å². The fraction of sp³-hybridized carbons (Fsp3) is 0.533. The average Bonchev–Trinajstić information content (AvgIpc) is 3.28. The molecule has 0 spiro atoms. The first kappa shape index (κ1) is 16.0. The zero-order valence-electron chi connectivity index (χ0n) is 12.4. The van der Waals surface area contributed by atoms with Crippen LogP contribution in [0.1, 0.15) is 49.0 Å². The molecule has 2 rings (SSSR count). The third-order valence-electron chi connectivity index (χ3n) is 3.70. The summed E-state index contributed by atoms with van der Waals surface area (Å²) in [6.07, 6.45) is 3.08. The molecule has 0 aromatic heterocycles.